The van der Waals surface area contributed by atoms with Crippen molar-refractivity contribution in [1.29, 1.82) is 0 Å². The van der Waals surface area contributed by atoms with E-state index in [-0.39, 0.29) is 18.0 Å². The van der Waals surface area contributed by atoms with Crippen molar-refractivity contribution >= 4 is 11.9 Å². The molecule has 2 heterocycles. The van der Waals surface area contributed by atoms with E-state index in [0.29, 0.717) is 12.6 Å². The van der Waals surface area contributed by atoms with Gasteiger partial charge in [-0.05, 0) is 39.8 Å². The van der Waals surface area contributed by atoms with Crippen LogP contribution in [0.25, 0.3) is 0 Å². The molecule has 3 N–H and O–H groups in total. The number of nitrogens with two attached hydrogens (primary N) is 1. The zero-order valence-electron chi connectivity index (χ0n) is 12.3. The lowest BCUT2D eigenvalue weighted by Gasteiger charge is -2.29. The molecular weight excluding hydrogens is 256 g/mol. The SMILES string of the molecule is CCOc1nc(N)nc(NC(C)CN2CCCCC2)n1. The highest BCUT2D eigenvalue weighted by atomic mass is 16.5. The Labute approximate surface area is 119 Å². The molecule has 0 amide bonds. The first-order valence-corrected chi connectivity index (χ1v) is 7.30. The van der Waals surface area contributed by atoms with Gasteiger partial charge in [0.1, 0.15) is 0 Å². The van der Waals surface area contributed by atoms with E-state index in [1.807, 2.05) is 6.92 Å². The van der Waals surface area contributed by atoms with Crippen molar-refractivity contribution in [3.63, 3.8) is 0 Å². The van der Waals surface area contributed by atoms with Gasteiger partial charge in [0.15, 0.2) is 0 Å². The number of nitrogens with zero attached hydrogens (tertiary/aromatic N) is 4. The van der Waals surface area contributed by atoms with Gasteiger partial charge in [0.05, 0.1) is 6.61 Å². The van der Waals surface area contributed by atoms with E-state index in [1.165, 1.54) is 32.4 Å². The van der Waals surface area contributed by atoms with E-state index < -0.39 is 0 Å². The summed E-state index contributed by atoms with van der Waals surface area (Å²) in [6.07, 6.45) is 3.93. The second-order valence-corrected chi connectivity index (χ2v) is 5.14. The van der Waals surface area contributed by atoms with Crippen LogP contribution in [0.4, 0.5) is 11.9 Å². The van der Waals surface area contributed by atoms with Crippen LogP contribution in [0, 0.1) is 0 Å². The summed E-state index contributed by atoms with van der Waals surface area (Å²) in [5, 5.41) is 3.26. The fourth-order valence-electron chi connectivity index (χ4n) is 2.43. The Kier molecular flexibility index (Phi) is 5.34. The normalized spacial score (nSPS) is 17.7. The smallest absolute Gasteiger partial charge is 0.323 e. The molecule has 7 heteroatoms. The third kappa shape index (κ3) is 4.48. The molecule has 1 aliphatic rings. The Morgan fingerprint density at radius 2 is 2.00 bits per heavy atom. The average molecular weight is 280 g/mol. The summed E-state index contributed by atoms with van der Waals surface area (Å²) < 4.78 is 5.27. The molecule has 20 heavy (non-hydrogen) atoms. The zero-order chi connectivity index (χ0) is 14.4. The lowest BCUT2D eigenvalue weighted by molar-refractivity contribution is 0.223. The number of aromatic nitrogens is 3. The maximum absolute atomic E-state index is 5.66. The van der Waals surface area contributed by atoms with Gasteiger partial charge in [-0.3, -0.25) is 0 Å². The van der Waals surface area contributed by atoms with Gasteiger partial charge in [-0.2, -0.15) is 15.0 Å². The van der Waals surface area contributed by atoms with Crippen molar-refractivity contribution in [3.8, 4) is 6.01 Å². The van der Waals surface area contributed by atoms with Gasteiger partial charge < -0.3 is 20.7 Å². The average Bonchev–Trinajstić information content (AvgIpc) is 2.39. The lowest BCUT2D eigenvalue weighted by atomic mass is 10.1. The second-order valence-electron chi connectivity index (χ2n) is 5.14. The van der Waals surface area contributed by atoms with Crippen molar-refractivity contribution in [3.05, 3.63) is 0 Å². The molecule has 1 saturated heterocycles. The van der Waals surface area contributed by atoms with Crippen LogP contribution < -0.4 is 15.8 Å². The summed E-state index contributed by atoms with van der Waals surface area (Å²) in [5.74, 6) is 0.654. The molecule has 1 unspecified atom stereocenters. The van der Waals surface area contributed by atoms with Gasteiger partial charge >= 0.3 is 6.01 Å². The molecule has 0 aromatic carbocycles. The van der Waals surface area contributed by atoms with Crippen LogP contribution in [-0.2, 0) is 0 Å². The van der Waals surface area contributed by atoms with E-state index in [1.54, 1.807) is 0 Å². The minimum atomic E-state index is 0.177. The first kappa shape index (κ1) is 14.8. The minimum absolute atomic E-state index is 0.177. The molecule has 0 radical (unpaired) electrons. The number of hydrogen-bond donors (Lipinski definition) is 2. The van der Waals surface area contributed by atoms with Gasteiger partial charge in [-0.25, -0.2) is 0 Å². The number of nitrogen functional groups attached to an aromatic ring is 1. The van der Waals surface area contributed by atoms with Crippen LogP contribution in [0.15, 0.2) is 0 Å². The Morgan fingerprint density at radius 3 is 2.70 bits per heavy atom. The predicted molar refractivity (Wildman–Crippen MR) is 78.8 cm³/mol. The summed E-state index contributed by atoms with van der Waals surface area (Å²) in [5.41, 5.74) is 5.66. The van der Waals surface area contributed by atoms with E-state index in [2.05, 4.69) is 32.1 Å². The van der Waals surface area contributed by atoms with Crippen LogP contribution in [0.5, 0.6) is 6.01 Å². The van der Waals surface area contributed by atoms with Gasteiger partial charge in [-0.15, -0.1) is 0 Å². The first-order valence-electron chi connectivity index (χ1n) is 7.30. The monoisotopic (exact) mass is 280 g/mol. The molecule has 0 spiro atoms. The van der Waals surface area contributed by atoms with Crippen molar-refractivity contribution in [2.24, 2.45) is 0 Å². The maximum Gasteiger partial charge on any atom is 0.323 e. The molecule has 112 valence electrons. The van der Waals surface area contributed by atoms with E-state index in [9.17, 15) is 0 Å². The summed E-state index contributed by atoms with van der Waals surface area (Å²) in [6, 6.07) is 0.525. The Balaban J connectivity index is 1.90. The Hall–Kier alpha value is -1.63. The largest absolute Gasteiger partial charge is 0.464 e. The molecule has 1 aliphatic heterocycles. The topological polar surface area (TPSA) is 89.2 Å². The van der Waals surface area contributed by atoms with E-state index in [0.717, 1.165) is 6.54 Å². The number of anilines is 2. The molecule has 2 rings (SSSR count). The standard InChI is InChI=1S/C13H24N6O/c1-3-20-13-17-11(14)16-12(18-13)15-10(2)9-19-7-5-4-6-8-19/h10H,3-9H2,1-2H3,(H3,14,15,16,17,18). The van der Waals surface area contributed by atoms with Gasteiger partial charge in [0.2, 0.25) is 11.9 Å². The van der Waals surface area contributed by atoms with Crippen LogP contribution >= 0.6 is 0 Å². The number of likely N-dealkylation sites (tertiary alicyclic amines) is 1. The molecule has 7 nitrogen and oxygen atoms in total. The summed E-state index contributed by atoms with van der Waals surface area (Å²) in [4.78, 5) is 14.7. The minimum Gasteiger partial charge on any atom is -0.464 e. The highest BCUT2D eigenvalue weighted by Crippen LogP contribution is 2.12. The molecular formula is C13H24N6O. The van der Waals surface area contributed by atoms with E-state index >= 15 is 0 Å². The van der Waals surface area contributed by atoms with Crippen LogP contribution in [0.1, 0.15) is 33.1 Å². The highest BCUT2D eigenvalue weighted by Gasteiger charge is 2.14. The molecule has 0 bridgehead atoms. The van der Waals surface area contributed by atoms with Crippen LogP contribution in [0.2, 0.25) is 0 Å². The number of ether oxygens (including phenoxy) is 1. The summed E-state index contributed by atoms with van der Waals surface area (Å²) in [6.45, 7) is 7.84. The van der Waals surface area contributed by atoms with Gasteiger partial charge in [-0.1, -0.05) is 6.42 Å². The van der Waals surface area contributed by atoms with Crippen molar-refractivity contribution in [2.45, 2.75) is 39.2 Å². The summed E-state index contributed by atoms with van der Waals surface area (Å²) in [7, 11) is 0. The fourth-order valence-corrected chi connectivity index (χ4v) is 2.43. The fraction of sp³-hybridized carbons (Fsp3) is 0.769. The van der Waals surface area contributed by atoms with Crippen LogP contribution in [0.3, 0.4) is 0 Å². The molecule has 0 saturated carbocycles. The number of nitrogens with one attached hydrogen (secondary N) is 1. The zero-order valence-corrected chi connectivity index (χ0v) is 12.3. The third-order valence-corrected chi connectivity index (χ3v) is 3.26. The van der Waals surface area contributed by atoms with Crippen molar-refractivity contribution < 1.29 is 4.74 Å². The second kappa shape index (κ2) is 7.23. The van der Waals surface area contributed by atoms with Crippen LogP contribution in [-0.4, -0.2) is 52.1 Å². The number of hydrogen-bond acceptors (Lipinski definition) is 7. The van der Waals surface area contributed by atoms with Gasteiger partial charge in [0.25, 0.3) is 0 Å². The third-order valence-electron chi connectivity index (χ3n) is 3.26. The van der Waals surface area contributed by atoms with Crippen molar-refractivity contribution in [2.75, 3.05) is 37.3 Å². The Bertz CT molecular complexity index is 421. The number of rotatable bonds is 6. The summed E-state index contributed by atoms with van der Waals surface area (Å²) >= 11 is 0. The van der Waals surface area contributed by atoms with E-state index in [4.69, 9.17) is 10.5 Å². The number of piperidine rings is 1. The molecule has 1 atom stereocenters. The quantitative estimate of drug-likeness (QED) is 0.807. The maximum atomic E-state index is 5.66. The molecule has 0 aliphatic carbocycles. The van der Waals surface area contributed by atoms with Crippen molar-refractivity contribution in [1.82, 2.24) is 19.9 Å². The molecule has 1 aromatic heterocycles. The molecule has 1 fully saturated rings. The highest BCUT2D eigenvalue weighted by molar-refractivity contribution is 5.33. The Morgan fingerprint density at radius 1 is 1.25 bits per heavy atom. The lowest BCUT2D eigenvalue weighted by Crippen LogP contribution is -2.38. The van der Waals surface area contributed by atoms with Gasteiger partial charge in [0, 0.05) is 12.6 Å². The first-order chi connectivity index (χ1) is 9.67. The molecule has 1 aromatic rings. The predicted octanol–water partition coefficient (Wildman–Crippen LogP) is 1.14.